The van der Waals surface area contributed by atoms with Crippen LogP contribution >= 0.6 is 11.6 Å². The Bertz CT molecular complexity index is 1380. The van der Waals surface area contributed by atoms with Gasteiger partial charge in [0.2, 0.25) is 0 Å². The van der Waals surface area contributed by atoms with Gasteiger partial charge in [-0.05, 0) is 56.5 Å². The minimum absolute atomic E-state index is 0.0599. The van der Waals surface area contributed by atoms with Gasteiger partial charge in [-0.1, -0.05) is 0 Å². The largest absolute Gasteiger partial charge is 0.422 e. The second-order valence-corrected chi connectivity index (χ2v) is 9.41. The van der Waals surface area contributed by atoms with E-state index in [2.05, 4.69) is 10.3 Å². The molecule has 0 spiro atoms. The highest BCUT2D eigenvalue weighted by Crippen LogP contribution is 2.39. The van der Waals surface area contributed by atoms with E-state index in [9.17, 15) is 31.5 Å². The molecule has 0 bridgehead atoms. The summed E-state index contributed by atoms with van der Waals surface area (Å²) in [5, 5.41) is 2.77. The van der Waals surface area contributed by atoms with Gasteiger partial charge in [-0.3, -0.25) is 9.59 Å². The number of nitrogens with zero attached hydrogens (tertiary/aromatic N) is 3. The average Bonchev–Trinajstić information content (AvgIpc) is 3.48. The van der Waals surface area contributed by atoms with Crippen molar-refractivity contribution < 1.29 is 31.5 Å². The van der Waals surface area contributed by atoms with Gasteiger partial charge < -0.3 is 19.2 Å². The summed E-state index contributed by atoms with van der Waals surface area (Å²) in [5.41, 5.74) is -1.38. The molecule has 4 rings (SSSR count). The van der Waals surface area contributed by atoms with Crippen LogP contribution in [0, 0.1) is 18.6 Å². The molecule has 0 saturated carbocycles. The molecule has 1 fully saturated rings. The minimum Gasteiger partial charge on any atom is -0.368 e. The summed E-state index contributed by atoms with van der Waals surface area (Å²) in [4.78, 5) is 30.3. The molecule has 0 aliphatic carbocycles. The van der Waals surface area contributed by atoms with Gasteiger partial charge in [0.1, 0.15) is 28.6 Å². The number of carbonyl (C=O) groups excluding carboxylic acids is 1. The third kappa shape index (κ3) is 5.60. The van der Waals surface area contributed by atoms with E-state index in [1.54, 1.807) is 24.6 Å². The van der Waals surface area contributed by atoms with E-state index in [-0.39, 0.29) is 30.1 Å². The molecule has 1 aliphatic rings. The fraction of sp³-hybridized carbons (Fsp3) is 0.400. The SMILES string of the molecule is Cc1cn(-c2ccc(C(=O)NC(C)C3CCC(c4cc(F)c(C(F)(F)F)c(F)c4)O3)n(CCCl)c2=O)cn1. The first-order chi connectivity index (χ1) is 17.9. The zero-order valence-electron chi connectivity index (χ0n) is 20.4. The van der Waals surface area contributed by atoms with E-state index in [0.717, 1.165) is 0 Å². The van der Waals surface area contributed by atoms with Crippen LogP contribution in [0.5, 0.6) is 0 Å². The third-order valence-corrected chi connectivity index (χ3v) is 6.54. The quantitative estimate of drug-likeness (QED) is 0.330. The number of halogens is 6. The molecule has 1 saturated heterocycles. The molecule has 13 heteroatoms. The molecule has 1 amide bonds. The summed E-state index contributed by atoms with van der Waals surface area (Å²) < 4.78 is 75.3. The standard InChI is InChI=1S/C25H24ClF5N4O3/c1-13-11-34(12-32-13)19-4-3-18(35(8-7-26)24(19)37)23(36)33-14(2)20-5-6-21(38-20)15-9-16(27)22(17(28)10-15)25(29,30)31/h3-4,9-12,14,20-21H,5-8H2,1-2H3,(H,33,36). The number of hydrogen-bond donors (Lipinski definition) is 1. The van der Waals surface area contributed by atoms with E-state index in [1.807, 2.05) is 0 Å². The molecule has 3 unspecified atom stereocenters. The van der Waals surface area contributed by atoms with Crippen LogP contribution < -0.4 is 10.9 Å². The molecule has 0 radical (unpaired) electrons. The van der Waals surface area contributed by atoms with Crippen LogP contribution in [0.4, 0.5) is 22.0 Å². The number of rotatable bonds is 7. The average molecular weight is 559 g/mol. The number of imidazole rings is 1. The van der Waals surface area contributed by atoms with Crippen molar-refractivity contribution in [2.75, 3.05) is 5.88 Å². The van der Waals surface area contributed by atoms with Crippen molar-refractivity contribution in [3.05, 3.63) is 81.3 Å². The van der Waals surface area contributed by atoms with Crippen molar-refractivity contribution in [2.24, 2.45) is 0 Å². The lowest BCUT2D eigenvalue weighted by molar-refractivity contribution is -0.142. The van der Waals surface area contributed by atoms with Crippen LogP contribution in [0.15, 0.2) is 41.6 Å². The van der Waals surface area contributed by atoms with Gasteiger partial charge in [-0.25, -0.2) is 13.8 Å². The highest BCUT2D eigenvalue weighted by atomic mass is 35.5. The fourth-order valence-corrected chi connectivity index (χ4v) is 4.69. The lowest BCUT2D eigenvalue weighted by Gasteiger charge is -2.23. The summed E-state index contributed by atoms with van der Waals surface area (Å²) in [6.45, 7) is 3.51. The van der Waals surface area contributed by atoms with Crippen LogP contribution in [-0.2, 0) is 17.5 Å². The summed E-state index contributed by atoms with van der Waals surface area (Å²) in [6, 6.07) is 3.65. The Hall–Kier alpha value is -3.25. The molecule has 3 atom stereocenters. The fourth-order valence-electron chi connectivity index (χ4n) is 4.52. The number of carbonyl (C=O) groups is 1. The van der Waals surface area contributed by atoms with E-state index >= 15 is 0 Å². The summed E-state index contributed by atoms with van der Waals surface area (Å²) >= 11 is 5.88. The number of alkyl halides is 4. The number of amides is 1. The predicted octanol–water partition coefficient (Wildman–Crippen LogP) is 4.92. The van der Waals surface area contributed by atoms with Crippen molar-refractivity contribution in [2.45, 2.75) is 57.7 Å². The number of aryl methyl sites for hydroxylation is 1. The Morgan fingerprint density at radius 1 is 1.24 bits per heavy atom. The molecule has 204 valence electrons. The van der Waals surface area contributed by atoms with Gasteiger partial charge in [0.05, 0.1) is 30.3 Å². The molecule has 1 N–H and O–H groups in total. The highest BCUT2D eigenvalue weighted by Gasteiger charge is 2.39. The predicted molar refractivity (Wildman–Crippen MR) is 128 cm³/mol. The number of pyridine rings is 1. The van der Waals surface area contributed by atoms with Crippen LogP contribution in [0.1, 0.15) is 53.2 Å². The number of hydrogen-bond acceptors (Lipinski definition) is 4. The zero-order chi connectivity index (χ0) is 27.8. The molecular formula is C25H24ClF5N4O3. The number of aromatic nitrogens is 3. The Morgan fingerprint density at radius 2 is 1.92 bits per heavy atom. The van der Waals surface area contributed by atoms with Gasteiger partial charge in [0.15, 0.2) is 0 Å². The Morgan fingerprint density at radius 3 is 2.50 bits per heavy atom. The van der Waals surface area contributed by atoms with Gasteiger partial charge in [0, 0.05) is 18.6 Å². The zero-order valence-corrected chi connectivity index (χ0v) is 21.1. The Kier molecular flexibility index (Phi) is 7.93. The lowest BCUT2D eigenvalue weighted by Crippen LogP contribution is -2.43. The minimum atomic E-state index is -5.16. The van der Waals surface area contributed by atoms with E-state index in [0.29, 0.717) is 29.9 Å². The second-order valence-electron chi connectivity index (χ2n) is 9.03. The molecular weight excluding hydrogens is 535 g/mol. The van der Waals surface area contributed by atoms with Crippen LogP contribution in [-0.4, -0.2) is 38.1 Å². The highest BCUT2D eigenvalue weighted by molar-refractivity contribution is 6.17. The third-order valence-electron chi connectivity index (χ3n) is 6.37. The lowest BCUT2D eigenvalue weighted by atomic mass is 10.0. The smallest absolute Gasteiger partial charge is 0.368 e. The van der Waals surface area contributed by atoms with Gasteiger partial charge in [0.25, 0.3) is 11.5 Å². The molecule has 1 aliphatic heterocycles. The molecule has 2 aromatic heterocycles. The monoisotopic (exact) mass is 558 g/mol. The Labute approximate surface area is 219 Å². The maximum Gasteiger partial charge on any atom is 0.422 e. The topological polar surface area (TPSA) is 78.2 Å². The van der Waals surface area contributed by atoms with Crippen LogP contribution in [0.25, 0.3) is 5.69 Å². The molecule has 7 nitrogen and oxygen atoms in total. The summed E-state index contributed by atoms with van der Waals surface area (Å²) in [7, 11) is 0. The van der Waals surface area contributed by atoms with Gasteiger partial charge in [-0.15, -0.1) is 11.6 Å². The van der Waals surface area contributed by atoms with Crippen LogP contribution in [0.3, 0.4) is 0 Å². The second kappa shape index (κ2) is 10.9. The maximum absolute atomic E-state index is 14.0. The summed E-state index contributed by atoms with van der Waals surface area (Å²) in [5.74, 6) is -3.91. The molecule has 3 heterocycles. The van der Waals surface area contributed by atoms with E-state index < -0.39 is 53.1 Å². The van der Waals surface area contributed by atoms with Crippen molar-refractivity contribution >= 4 is 17.5 Å². The first-order valence-corrected chi connectivity index (χ1v) is 12.3. The van der Waals surface area contributed by atoms with Gasteiger partial charge >= 0.3 is 6.18 Å². The molecule has 38 heavy (non-hydrogen) atoms. The normalized spacial score (nSPS) is 18.5. The number of benzene rings is 1. The van der Waals surface area contributed by atoms with Gasteiger partial charge in [-0.2, -0.15) is 13.2 Å². The Balaban J connectivity index is 1.49. The van der Waals surface area contributed by atoms with Crippen molar-refractivity contribution in [1.29, 1.82) is 0 Å². The van der Waals surface area contributed by atoms with Crippen LogP contribution in [0.2, 0.25) is 0 Å². The molecule has 3 aromatic rings. The first kappa shape index (κ1) is 27.8. The van der Waals surface area contributed by atoms with E-state index in [4.69, 9.17) is 16.3 Å². The summed E-state index contributed by atoms with van der Waals surface area (Å²) in [6.07, 6.45) is -2.77. The van der Waals surface area contributed by atoms with Crippen molar-refractivity contribution in [1.82, 2.24) is 19.4 Å². The molecule has 1 aromatic carbocycles. The van der Waals surface area contributed by atoms with Crippen molar-refractivity contribution in [3.63, 3.8) is 0 Å². The van der Waals surface area contributed by atoms with Crippen molar-refractivity contribution in [3.8, 4) is 5.69 Å². The van der Waals surface area contributed by atoms with E-state index in [1.165, 1.54) is 23.0 Å². The number of ether oxygens (including phenoxy) is 1. The number of nitrogens with one attached hydrogen (secondary N) is 1. The maximum atomic E-state index is 14.0. The first-order valence-electron chi connectivity index (χ1n) is 11.7.